The molecule has 3 aromatic rings. The van der Waals surface area contributed by atoms with Gasteiger partial charge in [0.05, 0.1) is 6.10 Å². The van der Waals surface area contributed by atoms with Gasteiger partial charge in [0.1, 0.15) is 22.4 Å². The molecule has 0 radical (unpaired) electrons. The van der Waals surface area contributed by atoms with E-state index in [9.17, 15) is 19.5 Å². The molecule has 2 unspecified atom stereocenters. The van der Waals surface area contributed by atoms with Crippen molar-refractivity contribution in [3.05, 3.63) is 46.8 Å². The smallest absolute Gasteiger partial charge is 0.423 e. The largest absolute Gasteiger partial charge is 0.477 e. The van der Waals surface area contributed by atoms with E-state index in [4.69, 9.17) is 14.2 Å². The Morgan fingerprint density at radius 1 is 1.18 bits per heavy atom. The maximum atomic E-state index is 13.2. The van der Waals surface area contributed by atoms with E-state index in [1.807, 2.05) is 24.3 Å². The van der Waals surface area contributed by atoms with Crippen LogP contribution in [0.4, 0.5) is 0 Å². The third kappa shape index (κ3) is 3.05. The number of carbonyl (C=O) groups excluding carboxylic acids is 3. The van der Waals surface area contributed by atoms with E-state index in [1.165, 1.54) is 19.0 Å². The second-order valence-corrected chi connectivity index (χ2v) is 8.26. The molecule has 2 bridgehead atoms. The van der Waals surface area contributed by atoms with Crippen LogP contribution in [0.15, 0.2) is 24.3 Å². The van der Waals surface area contributed by atoms with Crippen LogP contribution in [-0.2, 0) is 23.1 Å². The molecule has 1 aliphatic heterocycles. The van der Waals surface area contributed by atoms with Crippen LogP contribution in [0, 0.1) is 6.92 Å². The summed E-state index contributed by atoms with van der Waals surface area (Å²) in [6.07, 6.45) is -1.29. The molecule has 2 atom stereocenters. The molecule has 33 heavy (non-hydrogen) atoms. The standard InChI is InChI=1S/C23H21N3O7/c1-10-24-15-16(26(10)4)18-14(21(28)25(2)3)19(33-23(30)22(29)32-18)20(15)31-17-12-8-6-5-7-11(12)9-13(17)27/h5-8,13,17,27H,9H2,1-4H3. The number of carbonyl (C=O) groups is 3. The average molecular weight is 451 g/mol. The lowest BCUT2D eigenvalue weighted by atomic mass is 10.1. The molecule has 1 aromatic heterocycles. The van der Waals surface area contributed by atoms with Crippen LogP contribution < -0.4 is 14.2 Å². The lowest BCUT2D eigenvalue weighted by Crippen LogP contribution is -2.24. The molecule has 10 heteroatoms. The number of ether oxygens (including phenoxy) is 3. The summed E-state index contributed by atoms with van der Waals surface area (Å²) in [5.74, 6) is -2.97. The average Bonchev–Trinajstić information content (AvgIpc) is 3.21. The molecule has 0 saturated heterocycles. The SMILES string of the molecule is Cc1nc2c(OC3c4ccccc4CC3O)c3c(C(=O)N(C)C)c(c2n1C)OC(=O)C(=O)O3. The molecule has 5 rings (SSSR count). The normalized spacial score (nSPS) is 19.1. The second-order valence-electron chi connectivity index (χ2n) is 8.26. The number of fused-ring (bicyclic) bond motifs is 5. The lowest BCUT2D eigenvalue weighted by Gasteiger charge is -2.22. The number of aliphatic hydroxyl groups is 1. The number of hydrogen-bond acceptors (Lipinski definition) is 8. The second kappa shape index (κ2) is 7.31. The molecule has 0 saturated carbocycles. The van der Waals surface area contributed by atoms with Crippen LogP contribution in [-0.4, -0.2) is 57.6 Å². The summed E-state index contributed by atoms with van der Waals surface area (Å²) in [6.45, 7) is 1.74. The summed E-state index contributed by atoms with van der Waals surface area (Å²) in [7, 11) is 4.73. The Labute approximate surface area is 188 Å². The van der Waals surface area contributed by atoms with Crippen molar-refractivity contribution >= 4 is 28.9 Å². The van der Waals surface area contributed by atoms with Gasteiger partial charge < -0.3 is 28.8 Å². The van der Waals surface area contributed by atoms with Crippen LogP contribution in [0.5, 0.6) is 17.2 Å². The van der Waals surface area contributed by atoms with Gasteiger partial charge in [-0.3, -0.25) is 4.79 Å². The van der Waals surface area contributed by atoms with E-state index in [1.54, 1.807) is 18.5 Å². The molecule has 0 spiro atoms. The molecular formula is C23H21N3O7. The zero-order valence-corrected chi connectivity index (χ0v) is 18.4. The topological polar surface area (TPSA) is 120 Å². The number of benzene rings is 2. The van der Waals surface area contributed by atoms with Crippen LogP contribution in [0.25, 0.3) is 11.0 Å². The minimum Gasteiger partial charge on any atom is -0.477 e. The van der Waals surface area contributed by atoms with Gasteiger partial charge in [-0.25, -0.2) is 14.6 Å². The Morgan fingerprint density at radius 2 is 1.85 bits per heavy atom. The summed E-state index contributed by atoms with van der Waals surface area (Å²) in [5, 5.41) is 10.7. The van der Waals surface area contributed by atoms with E-state index in [-0.39, 0.29) is 28.3 Å². The highest BCUT2D eigenvalue weighted by Crippen LogP contribution is 2.50. The van der Waals surface area contributed by atoms with Crippen molar-refractivity contribution in [2.24, 2.45) is 7.05 Å². The summed E-state index contributed by atoms with van der Waals surface area (Å²) in [4.78, 5) is 43.6. The molecule has 1 aliphatic carbocycles. The molecular weight excluding hydrogens is 430 g/mol. The van der Waals surface area contributed by atoms with Crippen molar-refractivity contribution in [2.45, 2.75) is 25.6 Å². The highest BCUT2D eigenvalue weighted by molar-refractivity contribution is 6.32. The van der Waals surface area contributed by atoms with Gasteiger partial charge in [0.25, 0.3) is 5.91 Å². The predicted octanol–water partition coefficient (Wildman–Crippen LogP) is 1.45. The highest BCUT2D eigenvalue weighted by atomic mass is 16.6. The zero-order valence-electron chi connectivity index (χ0n) is 18.4. The maximum absolute atomic E-state index is 13.2. The summed E-state index contributed by atoms with van der Waals surface area (Å²) >= 11 is 0. The number of aliphatic hydroxyl groups excluding tert-OH is 1. The number of esters is 2. The number of nitrogens with zero attached hydrogens (tertiary/aromatic N) is 3. The number of imidazole rings is 1. The van der Waals surface area contributed by atoms with E-state index < -0.39 is 30.1 Å². The Kier molecular flexibility index (Phi) is 4.64. The van der Waals surface area contributed by atoms with Gasteiger partial charge in [0.15, 0.2) is 23.4 Å². The third-order valence-corrected chi connectivity index (χ3v) is 5.97. The third-order valence-electron chi connectivity index (χ3n) is 5.97. The van der Waals surface area contributed by atoms with Crippen LogP contribution in [0.1, 0.15) is 33.4 Å². The van der Waals surface area contributed by atoms with Crippen molar-refractivity contribution in [1.29, 1.82) is 0 Å². The van der Waals surface area contributed by atoms with Crippen molar-refractivity contribution < 1.29 is 33.7 Å². The fraction of sp³-hybridized carbons (Fsp3) is 0.304. The molecule has 2 heterocycles. The lowest BCUT2D eigenvalue weighted by molar-refractivity contribution is -0.155. The Morgan fingerprint density at radius 3 is 2.55 bits per heavy atom. The quantitative estimate of drug-likeness (QED) is 0.361. The maximum Gasteiger partial charge on any atom is 0.423 e. The molecule has 170 valence electrons. The van der Waals surface area contributed by atoms with E-state index in [0.717, 1.165) is 11.1 Å². The van der Waals surface area contributed by atoms with Crippen molar-refractivity contribution in [3.8, 4) is 17.2 Å². The first-order chi connectivity index (χ1) is 15.7. The van der Waals surface area contributed by atoms with Crippen LogP contribution >= 0.6 is 0 Å². The monoisotopic (exact) mass is 451 g/mol. The Hall–Kier alpha value is -3.92. The number of aryl methyl sites for hydroxylation is 2. The Bertz CT molecular complexity index is 1360. The van der Waals surface area contributed by atoms with Gasteiger partial charge >= 0.3 is 11.9 Å². The van der Waals surface area contributed by atoms with Crippen LogP contribution in [0.2, 0.25) is 0 Å². The summed E-state index contributed by atoms with van der Waals surface area (Å²) in [5.41, 5.74) is 2.10. The zero-order chi connectivity index (χ0) is 23.6. The van der Waals surface area contributed by atoms with Crippen molar-refractivity contribution in [1.82, 2.24) is 14.5 Å². The first-order valence-corrected chi connectivity index (χ1v) is 10.3. The number of rotatable bonds is 3. The molecule has 2 aliphatic rings. The van der Waals surface area contributed by atoms with Gasteiger partial charge in [-0.05, 0) is 18.1 Å². The van der Waals surface area contributed by atoms with E-state index >= 15 is 0 Å². The molecule has 0 fully saturated rings. The fourth-order valence-electron chi connectivity index (χ4n) is 4.27. The van der Waals surface area contributed by atoms with Gasteiger partial charge in [0, 0.05) is 27.6 Å². The molecule has 2 aromatic carbocycles. The first-order valence-electron chi connectivity index (χ1n) is 10.3. The molecule has 1 amide bonds. The van der Waals surface area contributed by atoms with E-state index in [2.05, 4.69) is 4.98 Å². The van der Waals surface area contributed by atoms with Crippen LogP contribution in [0.3, 0.4) is 0 Å². The Balaban J connectivity index is 1.82. The predicted molar refractivity (Wildman–Crippen MR) is 114 cm³/mol. The van der Waals surface area contributed by atoms with Gasteiger partial charge in [-0.1, -0.05) is 24.3 Å². The number of hydrogen-bond donors (Lipinski definition) is 1. The summed E-state index contributed by atoms with van der Waals surface area (Å²) < 4.78 is 18.6. The fourth-order valence-corrected chi connectivity index (χ4v) is 4.27. The van der Waals surface area contributed by atoms with Gasteiger partial charge in [0.2, 0.25) is 0 Å². The number of amides is 1. The minimum atomic E-state index is -1.29. The van der Waals surface area contributed by atoms with Gasteiger partial charge in [-0.15, -0.1) is 0 Å². The molecule has 10 nitrogen and oxygen atoms in total. The minimum absolute atomic E-state index is 0.0185. The highest BCUT2D eigenvalue weighted by Gasteiger charge is 2.41. The van der Waals surface area contributed by atoms with Crippen molar-refractivity contribution in [3.63, 3.8) is 0 Å². The van der Waals surface area contributed by atoms with Crippen molar-refractivity contribution in [2.75, 3.05) is 14.1 Å². The number of aromatic nitrogens is 2. The molecule has 1 N–H and O–H groups in total. The first kappa shape index (κ1) is 21.0. The van der Waals surface area contributed by atoms with E-state index in [0.29, 0.717) is 17.8 Å². The summed E-state index contributed by atoms with van der Waals surface area (Å²) in [6, 6.07) is 7.44. The van der Waals surface area contributed by atoms with Gasteiger partial charge in [-0.2, -0.15) is 0 Å².